The summed E-state index contributed by atoms with van der Waals surface area (Å²) in [6, 6.07) is 29.9. The van der Waals surface area contributed by atoms with Crippen LogP contribution in [0, 0.1) is 5.92 Å². The minimum atomic E-state index is -3.53. The van der Waals surface area contributed by atoms with Gasteiger partial charge in [0, 0.05) is 42.4 Å². The number of rotatable bonds is 17. The second-order valence-corrected chi connectivity index (χ2v) is 20.4. The molecule has 3 aliphatic rings. The SMILES string of the molecule is CCOc1ccc2c(c1)CC(NCCCCO)C(=O)N2c1ccc(CN2C(=O)[C@]3(O[C@H](CC(=O)N(CCO)Cc4ccccc4)[C@@H]([Si](C)(C)F)[C@@H]3C)c3ccccc32)cc1. The molecule has 3 N–H and O–H groups in total. The Morgan fingerprint density at radius 3 is 2.38 bits per heavy atom. The second-order valence-electron chi connectivity index (χ2n) is 16.6. The van der Waals surface area contributed by atoms with Crippen LogP contribution in [0.3, 0.4) is 0 Å². The zero-order chi connectivity index (χ0) is 42.6. The summed E-state index contributed by atoms with van der Waals surface area (Å²) in [5, 5.41) is 22.5. The maximum absolute atomic E-state index is 16.5. The van der Waals surface area contributed by atoms with Crippen LogP contribution in [-0.2, 0) is 44.2 Å². The molecule has 0 bridgehead atoms. The number of aliphatic hydroxyl groups excluding tert-OH is 2. The number of unbranched alkanes of at least 4 members (excludes halogenated alkanes) is 1. The molecule has 0 aliphatic carbocycles. The molecule has 0 aromatic heterocycles. The van der Waals surface area contributed by atoms with Crippen LogP contribution < -0.4 is 19.9 Å². The van der Waals surface area contributed by atoms with Gasteiger partial charge in [0.15, 0.2) is 5.60 Å². The number of anilines is 3. The lowest BCUT2D eigenvalue weighted by Gasteiger charge is -2.35. The number of aliphatic hydroxyl groups is 2. The highest BCUT2D eigenvalue weighted by molar-refractivity contribution is 6.72. The Morgan fingerprint density at radius 1 is 0.950 bits per heavy atom. The Hall–Kier alpha value is -4.92. The Bertz CT molecular complexity index is 2150. The van der Waals surface area contributed by atoms with E-state index < -0.39 is 37.6 Å². The van der Waals surface area contributed by atoms with Gasteiger partial charge in [0.2, 0.25) is 20.2 Å². The molecule has 0 saturated carbocycles. The first-order valence-corrected chi connectivity index (χ1v) is 24.1. The van der Waals surface area contributed by atoms with Crippen molar-refractivity contribution in [2.24, 2.45) is 5.92 Å². The number of hydrogen-bond donors (Lipinski definition) is 3. The quantitative estimate of drug-likeness (QED) is 0.0604. The van der Waals surface area contributed by atoms with Crippen LogP contribution in [0.25, 0.3) is 0 Å². The third kappa shape index (κ3) is 8.51. The van der Waals surface area contributed by atoms with Crippen LogP contribution in [-0.4, -0.2) is 86.3 Å². The maximum atomic E-state index is 16.5. The summed E-state index contributed by atoms with van der Waals surface area (Å²) in [7, 11) is -3.53. The fourth-order valence-corrected chi connectivity index (χ4v) is 12.0. The molecule has 5 atom stereocenters. The Kier molecular flexibility index (Phi) is 13.2. The van der Waals surface area contributed by atoms with Crippen LogP contribution in [0.5, 0.6) is 5.75 Å². The monoisotopic (exact) mass is 836 g/mol. The fourth-order valence-electron chi connectivity index (χ4n) is 9.53. The predicted octanol–water partition coefficient (Wildman–Crippen LogP) is 6.77. The highest BCUT2D eigenvalue weighted by Crippen LogP contribution is 2.60. The predicted molar refractivity (Wildman–Crippen MR) is 232 cm³/mol. The van der Waals surface area contributed by atoms with Gasteiger partial charge in [-0.25, -0.2) is 0 Å². The van der Waals surface area contributed by atoms with Crippen molar-refractivity contribution in [3.05, 3.63) is 119 Å². The van der Waals surface area contributed by atoms with E-state index in [1.165, 1.54) is 0 Å². The largest absolute Gasteiger partial charge is 0.494 e. The number of halogens is 1. The summed E-state index contributed by atoms with van der Waals surface area (Å²) in [5.74, 6) is -0.475. The van der Waals surface area contributed by atoms with Crippen molar-refractivity contribution >= 4 is 43.2 Å². The zero-order valence-corrected chi connectivity index (χ0v) is 36.0. The Balaban J connectivity index is 1.15. The molecule has 1 unspecified atom stereocenters. The van der Waals surface area contributed by atoms with Crippen LogP contribution in [0.15, 0.2) is 97.1 Å². The number of carbonyl (C=O) groups excluding carboxylic acids is 3. The van der Waals surface area contributed by atoms with E-state index in [1.54, 1.807) is 27.8 Å². The minimum absolute atomic E-state index is 0.0807. The molecule has 1 saturated heterocycles. The number of fused-ring (bicyclic) bond motifs is 3. The first kappa shape index (κ1) is 43.2. The molecule has 11 nitrogen and oxygen atoms in total. The highest BCUT2D eigenvalue weighted by Gasteiger charge is 2.67. The molecule has 13 heteroatoms. The van der Waals surface area contributed by atoms with E-state index in [1.807, 2.05) is 111 Å². The molecule has 3 aliphatic heterocycles. The fraction of sp³-hybridized carbons (Fsp3) is 0.426. The topological polar surface area (TPSA) is 132 Å². The van der Waals surface area contributed by atoms with Crippen LogP contribution in [0.4, 0.5) is 21.2 Å². The molecule has 318 valence electrons. The summed E-state index contributed by atoms with van der Waals surface area (Å²) in [5.41, 5.74) is 3.36. The van der Waals surface area contributed by atoms with Gasteiger partial charge in [-0.1, -0.05) is 67.6 Å². The van der Waals surface area contributed by atoms with E-state index in [-0.39, 0.29) is 50.4 Å². The van der Waals surface area contributed by atoms with E-state index in [4.69, 9.17) is 9.47 Å². The molecule has 0 radical (unpaired) electrons. The average molecular weight is 837 g/mol. The van der Waals surface area contributed by atoms with Crippen LogP contribution in [0.2, 0.25) is 18.6 Å². The molecule has 7 rings (SSSR count). The molecule has 4 aromatic carbocycles. The first-order chi connectivity index (χ1) is 28.9. The van der Waals surface area contributed by atoms with Crippen molar-refractivity contribution in [2.75, 3.05) is 42.7 Å². The second kappa shape index (κ2) is 18.4. The average Bonchev–Trinajstić information content (AvgIpc) is 3.66. The van der Waals surface area contributed by atoms with Gasteiger partial charge in [-0.15, -0.1) is 0 Å². The van der Waals surface area contributed by atoms with Gasteiger partial charge < -0.3 is 38.9 Å². The number of amides is 3. The number of para-hydroxylation sites is 1. The van der Waals surface area contributed by atoms with Gasteiger partial charge in [0.25, 0.3) is 5.91 Å². The third-order valence-corrected chi connectivity index (χ3v) is 14.7. The molecule has 3 amide bonds. The lowest BCUT2D eigenvalue weighted by Crippen LogP contribution is -2.49. The Morgan fingerprint density at radius 2 is 1.68 bits per heavy atom. The van der Waals surface area contributed by atoms with Crippen LogP contribution in [0.1, 0.15) is 55.4 Å². The number of nitrogens with one attached hydrogen (secondary N) is 1. The van der Waals surface area contributed by atoms with Gasteiger partial charge in [0.1, 0.15) is 5.75 Å². The molecular formula is C47H57FN4O7Si. The van der Waals surface area contributed by atoms with Crippen molar-refractivity contribution < 1.29 is 38.2 Å². The standard InChI is InChI=1S/C47H57FN4O7Si/c1-5-58-37-21-22-40-35(27-37)28-39(49-23-11-12-25-53)45(56)52(40)36-19-17-34(18-20-36)31-51-41-16-10-9-15-38(41)47(46(51)57)32(2)44(60(3,4)48)42(59-47)29-43(55)50(24-26-54)30-33-13-7-6-8-14-33/h6-10,13-22,27,32,39,42,44,49,53-54H,5,11-12,23-26,28-31H2,1-4H3/t32-,39?,42+,44-,47+/m0/s1. The van der Waals surface area contributed by atoms with Crippen molar-refractivity contribution in [2.45, 2.75) is 89.0 Å². The van der Waals surface area contributed by atoms with Gasteiger partial charge in [-0.3, -0.25) is 19.3 Å². The Labute approximate surface area is 353 Å². The van der Waals surface area contributed by atoms with Crippen LogP contribution >= 0.6 is 0 Å². The molecule has 3 heterocycles. The number of hydrogen-bond acceptors (Lipinski definition) is 8. The third-order valence-electron chi connectivity index (χ3n) is 12.2. The van der Waals surface area contributed by atoms with Crippen molar-refractivity contribution in [1.82, 2.24) is 10.2 Å². The van der Waals surface area contributed by atoms with E-state index >= 15 is 4.11 Å². The van der Waals surface area contributed by atoms with Gasteiger partial charge >= 0.3 is 0 Å². The van der Waals surface area contributed by atoms with Crippen molar-refractivity contribution in [3.63, 3.8) is 0 Å². The molecular weight excluding hydrogens is 780 g/mol. The van der Waals surface area contributed by atoms with Crippen molar-refractivity contribution in [1.29, 1.82) is 0 Å². The summed E-state index contributed by atoms with van der Waals surface area (Å²) in [4.78, 5) is 48.0. The zero-order valence-electron chi connectivity index (χ0n) is 35.0. The maximum Gasteiger partial charge on any atom is 0.264 e. The van der Waals surface area contributed by atoms with E-state index in [2.05, 4.69) is 5.32 Å². The van der Waals surface area contributed by atoms with Gasteiger partial charge in [0.05, 0.1) is 49.7 Å². The normalized spacial score (nSPS) is 22.3. The summed E-state index contributed by atoms with van der Waals surface area (Å²) >= 11 is 0. The first-order valence-electron chi connectivity index (χ1n) is 21.1. The molecule has 4 aromatic rings. The number of nitrogens with zero attached hydrogens (tertiary/aromatic N) is 3. The summed E-state index contributed by atoms with van der Waals surface area (Å²) < 4.78 is 29.2. The van der Waals surface area contributed by atoms with Crippen molar-refractivity contribution in [3.8, 4) is 5.75 Å². The van der Waals surface area contributed by atoms with E-state index in [9.17, 15) is 24.6 Å². The smallest absolute Gasteiger partial charge is 0.264 e. The minimum Gasteiger partial charge on any atom is -0.494 e. The molecule has 1 fully saturated rings. The molecule has 60 heavy (non-hydrogen) atoms. The summed E-state index contributed by atoms with van der Waals surface area (Å²) in [6.45, 7) is 8.66. The number of carbonyl (C=O) groups is 3. The van der Waals surface area contributed by atoms with E-state index in [0.717, 1.165) is 34.5 Å². The summed E-state index contributed by atoms with van der Waals surface area (Å²) in [6.07, 6.45) is 0.930. The highest BCUT2D eigenvalue weighted by atomic mass is 28.4. The van der Waals surface area contributed by atoms with Gasteiger partial charge in [-0.2, -0.15) is 0 Å². The lowest BCUT2D eigenvalue weighted by atomic mass is 9.82. The molecule has 1 spiro atoms. The number of benzene rings is 4. The van der Waals surface area contributed by atoms with Gasteiger partial charge in [-0.05, 0) is 98.9 Å². The lowest BCUT2D eigenvalue weighted by molar-refractivity contribution is -0.150. The van der Waals surface area contributed by atoms with E-state index in [0.29, 0.717) is 49.5 Å². The number of ether oxygens (including phenoxy) is 2.